The number of rotatable bonds is 7. The molecule has 8 heteroatoms. The number of nitrogens with zero attached hydrogens (tertiary/aromatic N) is 1. The van der Waals surface area contributed by atoms with Crippen molar-refractivity contribution in [2.75, 3.05) is 13.7 Å². The first kappa shape index (κ1) is 23.4. The first-order chi connectivity index (χ1) is 12.7. The summed E-state index contributed by atoms with van der Waals surface area (Å²) in [6.07, 6.45) is 0. The van der Waals surface area contributed by atoms with Gasteiger partial charge in [-0.25, -0.2) is 0 Å². The average Bonchev–Trinajstić information content (AvgIpc) is 2.50. The lowest BCUT2D eigenvalue weighted by Gasteiger charge is -2.29. The molecular weight excluding hydrogens is 366 g/mol. The molecule has 0 aliphatic carbocycles. The number of para-hydroxylation sites is 1. The summed E-state index contributed by atoms with van der Waals surface area (Å²) in [5.74, 6) is -4.04. The van der Waals surface area contributed by atoms with E-state index in [0.717, 1.165) is 0 Å². The quantitative estimate of drug-likeness (QED) is 0.302. The monoisotopic (exact) mass is 395 g/mol. The predicted octanol–water partition coefficient (Wildman–Crippen LogP) is 3.36. The Morgan fingerprint density at radius 2 is 1.46 bits per heavy atom. The Hall–Kier alpha value is -2.64. The Morgan fingerprint density at radius 1 is 1.00 bits per heavy atom. The van der Waals surface area contributed by atoms with Crippen molar-refractivity contribution in [2.45, 2.75) is 58.7 Å². The van der Waals surface area contributed by atoms with Crippen LogP contribution in [0.25, 0.3) is 0 Å². The Kier molecular flexibility index (Phi) is 7.55. The van der Waals surface area contributed by atoms with E-state index in [2.05, 4.69) is 0 Å². The van der Waals surface area contributed by atoms with Crippen LogP contribution in [0.1, 0.15) is 53.0 Å². The van der Waals surface area contributed by atoms with Gasteiger partial charge in [0.05, 0.1) is 13.0 Å². The first-order valence-electron chi connectivity index (χ1n) is 8.95. The minimum atomic E-state index is -1.51. The fourth-order valence-corrected chi connectivity index (χ4v) is 2.67. The van der Waals surface area contributed by atoms with E-state index in [1.54, 1.807) is 65.8 Å². The highest BCUT2D eigenvalue weighted by molar-refractivity contribution is 5.96. The highest BCUT2D eigenvalue weighted by Gasteiger charge is 2.44. The predicted molar refractivity (Wildman–Crippen MR) is 103 cm³/mol. The van der Waals surface area contributed by atoms with Gasteiger partial charge in [-0.05, 0) is 47.6 Å². The zero-order valence-electron chi connectivity index (χ0n) is 17.5. The highest BCUT2D eigenvalue weighted by atomic mass is 16.6. The molecule has 0 aliphatic heterocycles. The molecule has 0 amide bonds. The third kappa shape index (κ3) is 7.17. The highest BCUT2D eigenvalue weighted by Crippen LogP contribution is 2.35. The molecule has 0 spiro atoms. The van der Waals surface area contributed by atoms with Crippen LogP contribution in [0, 0.1) is 16.0 Å². The number of ether oxygens (including phenoxy) is 3. The molecule has 0 aromatic heterocycles. The number of carbonyl (C=O) groups is 2. The van der Waals surface area contributed by atoms with Gasteiger partial charge >= 0.3 is 11.9 Å². The third-order valence-corrected chi connectivity index (χ3v) is 3.61. The first-order valence-corrected chi connectivity index (χ1v) is 8.95. The van der Waals surface area contributed by atoms with Crippen LogP contribution in [0.5, 0.6) is 5.75 Å². The lowest BCUT2D eigenvalue weighted by Crippen LogP contribution is -2.41. The number of methoxy groups -OCH3 is 1. The van der Waals surface area contributed by atoms with Gasteiger partial charge in [0.1, 0.15) is 17.0 Å². The molecule has 1 rings (SSSR count). The van der Waals surface area contributed by atoms with Crippen molar-refractivity contribution in [2.24, 2.45) is 5.92 Å². The summed E-state index contributed by atoms with van der Waals surface area (Å²) in [7, 11) is 1.41. The molecule has 0 radical (unpaired) electrons. The largest absolute Gasteiger partial charge is 0.496 e. The van der Waals surface area contributed by atoms with Crippen LogP contribution in [-0.4, -0.2) is 41.7 Å². The summed E-state index contributed by atoms with van der Waals surface area (Å²) in [5.41, 5.74) is -1.39. The molecule has 156 valence electrons. The van der Waals surface area contributed by atoms with Crippen molar-refractivity contribution in [1.82, 2.24) is 0 Å². The molecule has 28 heavy (non-hydrogen) atoms. The zero-order valence-corrected chi connectivity index (χ0v) is 17.5. The van der Waals surface area contributed by atoms with Crippen LogP contribution in [0.15, 0.2) is 24.3 Å². The van der Waals surface area contributed by atoms with E-state index in [4.69, 9.17) is 14.2 Å². The molecule has 0 aliphatic rings. The summed E-state index contributed by atoms with van der Waals surface area (Å²) in [6, 6.07) is 6.56. The molecule has 0 saturated heterocycles. The standard InChI is InChI=1S/C20H29NO7/c1-19(2,3)27-17(22)16(18(23)28-20(4,5)6)14(12-21(24)25)13-10-8-9-11-15(13)26-7/h8-11,14,16H,12H2,1-7H3/t14-/m1/s1. The lowest BCUT2D eigenvalue weighted by molar-refractivity contribution is -0.484. The third-order valence-electron chi connectivity index (χ3n) is 3.61. The summed E-state index contributed by atoms with van der Waals surface area (Å²) in [4.78, 5) is 36.6. The molecule has 8 nitrogen and oxygen atoms in total. The van der Waals surface area contributed by atoms with E-state index < -0.39 is 46.4 Å². The number of hydrogen-bond donors (Lipinski definition) is 0. The van der Waals surface area contributed by atoms with E-state index >= 15 is 0 Å². The lowest BCUT2D eigenvalue weighted by atomic mass is 9.85. The molecule has 0 unspecified atom stereocenters. The van der Waals surface area contributed by atoms with Crippen molar-refractivity contribution < 1.29 is 28.7 Å². The SMILES string of the molecule is COc1ccccc1[C@@H](C[N+](=O)[O-])C(C(=O)OC(C)(C)C)C(=O)OC(C)(C)C. The van der Waals surface area contributed by atoms with E-state index in [1.165, 1.54) is 7.11 Å². The molecule has 0 N–H and O–H groups in total. The molecule has 0 heterocycles. The maximum absolute atomic E-state index is 12.9. The smallest absolute Gasteiger partial charge is 0.321 e. The molecule has 1 aromatic carbocycles. The van der Waals surface area contributed by atoms with Crippen molar-refractivity contribution >= 4 is 11.9 Å². The number of carbonyl (C=O) groups excluding carboxylic acids is 2. The number of benzene rings is 1. The maximum atomic E-state index is 12.9. The summed E-state index contributed by atoms with van der Waals surface area (Å²) < 4.78 is 16.1. The topological polar surface area (TPSA) is 105 Å². The van der Waals surface area contributed by atoms with Crippen molar-refractivity contribution in [1.29, 1.82) is 0 Å². The Balaban J connectivity index is 3.50. The number of nitro groups is 1. The van der Waals surface area contributed by atoms with Crippen LogP contribution in [0.2, 0.25) is 0 Å². The number of hydrogen-bond acceptors (Lipinski definition) is 7. The summed E-state index contributed by atoms with van der Waals surface area (Å²) in [5, 5.41) is 11.4. The molecule has 0 bridgehead atoms. The van der Waals surface area contributed by atoms with Gasteiger partial charge in [-0.1, -0.05) is 18.2 Å². The van der Waals surface area contributed by atoms with Gasteiger partial charge in [0.15, 0.2) is 5.92 Å². The van der Waals surface area contributed by atoms with Gasteiger partial charge in [0.2, 0.25) is 6.54 Å². The van der Waals surface area contributed by atoms with Crippen LogP contribution in [0.4, 0.5) is 0 Å². The number of esters is 2. The van der Waals surface area contributed by atoms with Gasteiger partial charge in [0, 0.05) is 10.5 Å². The van der Waals surface area contributed by atoms with Gasteiger partial charge in [-0.2, -0.15) is 0 Å². The van der Waals surface area contributed by atoms with Crippen LogP contribution in [-0.2, 0) is 19.1 Å². The second-order valence-corrected chi connectivity index (χ2v) is 8.41. The van der Waals surface area contributed by atoms with Crippen molar-refractivity contribution in [3.63, 3.8) is 0 Å². The molecule has 1 atom stereocenters. The van der Waals surface area contributed by atoms with Crippen LogP contribution >= 0.6 is 0 Å². The zero-order chi connectivity index (χ0) is 21.7. The Bertz CT molecular complexity index is 688. The summed E-state index contributed by atoms with van der Waals surface area (Å²) in [6.45, 7) is 9.27. The average molecular weight is 395 g/mol. The van der Waals surface area contributed by atoms with Crippen molar-refractivity contribution in [3.05, 3.63) is 39.9 Å². The van der Waals surface area contributed by atoms with E-state index in [-0.39, 0.29) is 0 Å². The fraction of sp³-hybridized carbons (Fsp3) is 0.600. The van der Waals surface area contributed by atoms with E-state index in [9.17, 15) is 19.7 Å². The van der Waals surface area contributed by atoms with Gasteiger partial charge < -0.3 is 14.2 Å². The minimum Gasteiger partial charge on any atom is -0.496 e. The molecule has 1 aromatic rings. The molecule has 0 fully saturated rings. The van der Waals surface area contributed by atoms with E-state index in [1.807, 2.05) is 0 Å². The minimum absolute atomic E-state index is 0.339. The van der Waals surface area contributed by atoms with Crippen LogP contribution < -0.4 is 4.74 Å². The molecule has 0 saturated carbocycles. The Morgan fingerprint density at radius 3 is 1.86 bits per heavy atom. The summed E-state index contributed by atoms with van der Waals surface area (Å²) >= 11 is 0. The normalized spacial score (nSPS) is 13.0. The Labute approximate surface area is 165 Å². The second-order valence-electron chi connectivity index (χ2n) is 8.41. The fourth-order valence-electron chi connectivity index (χ4n) is 2.67. The van der Waals surface area contributed by atoms with Crippen molar-refractivity contribution in [3.8, 4) is 5.75 Å². The second kappa shape index (κ2) is 9.03. The van der Waals surface area contributed by atoms with Crippen LogP contribution in [0.3, 0.4) is 0 Å². The van der Waals surface area contributed by atoms with Gasteiger partial charge in [0.25, 0.3) is 0 Å². The van der Waals surface area contributed by atoms with E-state index in [0.29, 0.717) is 11.3 Å². The molecular formula is C20H29NO7. The van der Waals surface area contributed by atoms with Gasteiger partial charge in [-0.15, -0.1) is 0 Å². The van der Waals surface area contributed by atoms with Gasteiger partial charge in [-0.3, -0.25) is 19.7 Å². The maximum Gasteiger partial charge on any atom is 0.321 e.